The molecule has 8 heteroatoms. The zero-order valence-electron chi connectivity index (χ0n) is 12.4. The van der Waals surface area contributed by atoms with Crippen molar-refractivity contribution in [2.45, 2.75) is 0 Å². The highest BCUT2D eigenvalue weighted by molar-refractivity contribution is 9.10. The Morgan fingerprint density at radius 3 is 2.52 bits per heavy atom. The molecule has 0 fully saturated rings. The minimum Gasteiger partial charge on any atom is -0.497 e. The number of carbonyl (C=O) groups excluding carboxylic acids is 1. The molecule has 1 amide bonds. The number of hydrogen-bond donors (Lipinski definition) is 1. The van der Waals surface area contributed by atoms with E-state index in [1.807, 2.05) is 0 Å². The molecule has 23 heavy (non-hydrogen) atoms. The van der Waals surface area contributed by atoms with Gasteiger partial charge in [-0.25, -0.2) is 0 Å². The average molecular weight is 377 g/mol. The lowest BCUT2D eigenvalue weighted by molar-refractivity contribution is 0.102. The second-order valence-corrected chi connectivity index (χ2v) is 5.60. The van der Waals surface area contributed by atoms with Crippen molar-refractivity contribution in [3.05, 3.63) is 46.8 Å². The van der Waals surface area contributed by atoms with Gasteiger partial charge in [0.15, 0.2) is 5.65 Å². The van der Waals surface area contributed by atoms with Gasteiger partial charge in [-0.3, -0.25) is 9.20 Å². The third-order valence-corrected chi connectivity index (χ3v) is 3.65. The number of rotatable bonds is 4. The number of aromatic nitrogens is 3. The van der Waals surface area contributed by atoms with Crippen molar-refractivity contribution in [3.63, 3.8) is 0 Å². The summed E-state index contributed by atoms with van der Waals surface area (Å²) in [6, 6.07) is 6.74. The standard InChI is InChI=1S/C15H13BrN4O3/c1-22-11-3-9(4-12(6-11)23-2)15(21)18-13-5-10(16)7-20-8-17-19-14(13)20/h3-8H,1-2H3,(H,18,21). The number of methoxy groups -OCH3 is 2. The molecule has 118 valence electrons. The summed E-state index contributed by atoms with van der Waals surface area (Å²) >= 11 is 3.39. The molecule has 3 aromatic rings. The molecule has 0 aliphatic rings. The fourth-order valence-corrected chi connectivity index (χ4v) is 2.58. The maximum atomic E-state index is 12.5. The number of hydrogen-bond acceptors (Lipinski definition) is 5. The van der Waals surface area contributed by atoms with Gasteiger partial charge in [0.05, 0.1) is 19.9 Å². The number of anilines is 1. The van der Waals surface area contributed by atoms with Crippen LogP contribution in [0.25, 0.3) is 5.65 Å². The third-order valence-electron chi connectivity index (χ3n) is 3.22. The summed E-state index contributed by atoms with van der Waals surface area (Å²) in [4.78, 5) is 12.5. The highest BCUT2D eigenvalue weighted by atomic mass is 79.9. The van der Waals surface area contributed by atoms with E-state index >= 15 is 0 Å². The lowest BCUT2D eigenvalue weighted by Crippen LogP contribution is -2.13. The highest BCUT2D eigenvalue weighted by Crippen LogP contribution is 2.25. The molecule has 2 aromatic heterocycles. The number of fused-ring (bicyclic) bond motifs is 1. The van der Waals surface area contributed by atoms with Crippen molar-refractivity contribution in [3.8, 4) is 11.5 Å². The summed E-state index contributed by atoms with van der Waals surface area (Å²) < 4.78 is 12.9. The van der Waals surface area contributed by atoms with Crippen molar-refractivity contribution in [1.82, 2.24) is 14.6 Å². The number of ether oxygens (including phenoxy) is 2. The molecule has 0 aliphatic carbocycles. The summed E-state index contributed by atoms with van der Waals surface area (Å²) in [6.07, 6.45) is 3.36. The van der Waals surface area contributed by atoms with Crippen LogP contribution in [-0.4, -0.2) is 34.7 Å². The number of amides is 1. The molecule has 7 nitrogen and oxygen atoms in total. The van der Waals surface area contributed by atoms with Gasteiger partial charge in [-0.15, -0.1) is 10.2 Å². The van der Waals surface area contributed by atoms with E-state index in [1.165, 1.54) is 14.2 Å². The van der Waals surface area contributed by atoms with Crippen LogP contribution < -0.4 is 14.8 Å². The van der Waals surface area contributed by atoms with Gasteiger partial charge in [-0.1, -0.05) is 0 Å². The van der Waals surface area contributed by atoms with E-state index in [0.717, 1.165) is 4.47 Å². The van der Waals surface area contributed by atoms with Crippen LogP contribution in [0.2, 0.25) is 0 Å². The molecule has 0 atom stereocenters. The molecule has 0 bridgehead atoms. The smallest absolute Gasteiger partial charge is 0.256 e. The van der Waals surface area contributed by atoms with Gasteiger partial charge in [-0.05, 0) is 34.1 Å². The highest BCUT2D eigenvalue weighted by Gasteiger charge is 2.13. The normalized spacial score (nSPS) is 10.6. The lowest BCUT2D eigenvalue weighted by Gasteiger charge is -2.10. The summed E-state index contributed by atoms with van der Waals surface area (Å²) in [5.74, 6) is 0.776. The Morgan fingerprint density at radius 2 is 1.87 bits per heavy atom. The zero-order valence-corrected chi connectivity index (χ0v) is 14.0. The number of nitrogens with one attached hydrogen (secondary N) is 1. The van der Waals surface area contributed by atoms with Crippen molar-refractivity contribution in [2.75, 3.05) is 19.5 Å². The summed E-state index contributed by atoms with van der Waals surface area (Å²) in [6.45, 7) is 0. The molecule has 0 saturated heterocycles. The molecular formula is C15H13BrN4O3. The van der Waals surface area contributed by atoms with Crippen molar-refractivity contribution in [2.24, 2.45) is 0 Å². The largest absolute Gasteiger partial charge is 0.497 e. The fourth-order valence-electron chi connectivity index (χ4n) is 2.13. The number of nitrogens with zero attached hydrogens (tertiary/aromatic N) is 3. The van der Waals surface area contributed by atoms with Gasteiger partial charge in [0.25, 0.3) is 5.91 Å². The first-order valence-corrected chi connectivity index (χ1v) is 7.43. The lowest BCUT2D eigenvalue weighted by atomic mass is 10.2. The summed E-state index contributed by atoms with van der Waals surface area (Å²) in [5.41, 5.74) is 1.51. The van der Waals surface area contributed by atoms with Gasteiger partial charge in [0.1, 0.15) is 17.8 Å². The van der Waals surface area contributed by atoms with Crippen LogP contribution in [0, 0.1) is 0 Å². The molecule has 0 aliphatic heterocycles. The molecule has 0 spiro atoms. The second kappa shape index (κ2) is 6.25. The van der Waals surface area contributed by atoms with E-state index in [9.17, 15) is 4.79 Å². The molecule has 0 radical (unpaired) electrons. The minimum absolute atomic E-state index is 0.301. The monoisotopic (exact) mass is 376 g/mol. The summed E-state index contributed by atoms with van der Waals surface area (Å²) in [5, 5.41) is 10.7. The first-order valence-electron chi connectivity index (χ1n) is 6.64. The van der Waals surface area contributed by atoms with Crippen molar-refractivity contribution in [1.29, 1.82) is 0 Å². The molecule has 1 aromatic carbocycles. The Morgan fingerprint density at radius 1 is 1.17 bits per heavy atom. The van der Waals surface area contributed by atoms with E-state index in [2.05, 4.69) is 31.4 Å². The van der Waals surface area contributed by atoms with Crippen LogP contribution in [0.4, 0.5) is 5.69 Å². The molecule has 0 saturated carbocycles. The number of pyridine rings is 1. The molecular weight excluding hydrogens is 364 g/mol. The van der Waals surface area contributed by atoms with Gasteiger partial charge >= 0.3 is 0 Å². The Hall–Kier alpha value is -2.61. The Balaban J connectivity index is 1.96. The van der Waals surface area contributed by atoms with Crippen molar-refractivity contribution >= 4 is 33.2 Å². The quantitative estimate of drug-likeness (QED) is 0.757. The third kappa shape index (κ3) is 3.11. The first kappa shape index (κ1) is 15.3. The van der Waals surface area contributed by atoms with E-state index in [1.54, 1.807) is 41.2 Å². The van der Waals surface area contributed by atoms with E-state index in [-0.39, 0.29) is 5.91 Å². The SMILES string of the molecule is COc1cc(OC)cc(C(=O)Nc2cc(Br)cn3cnnc23)c1. The van der Waals surface area contributed by atoms with Crippen LogP contribution in [-0.2, 0) is 0 Å². The minimum atomic E-state index is -0.301. The van der Waals surface area contributed by atoms with Gasteiger partial charge in [-0.2, -0.15) is 0 Å². The van der Waals surface area contributed by atoms with E-state index in [4.69, 9.17) is 9.47 Å². The van der Waals surface area contributed by atoms with Gasteiger partial charge in [0.2, 0.25) is 0 Å². The first-order chi connectivity index (χ1) is 11.1. The molecule has 3 rings (SSSR count). The van der Waals surface area contributed by atoms with Crippen LogP contribution in [0.5, 0.6) is 11.5 Å². The van der Waals surface area contributed by atoms with Crippen molar-refractivity contribution < 1.29 is 14.3 Å². The molecule has 1 N–H and O–H groups in total. The Kier molecular flexibility index (Phi) is 4.16. The van der Waals surface area contributed by atoms with Crippen LogP contribution >= 0.6 is 15.9 Å². The molecule has 2 heterocycles. The second-order valence-electron chi connectivity index (χ2n) is 4.69. The van der Waals surface area contributed by atoms with Gasteiger partial charge < -0.3 is 14.8 Å². The van der Waals surface area contributed by atoms with Crippen LogP contribution in [0.15, 0.2) is 41.3 Å². The number of carbonyl (C=O) groups is 1. The predicted octanol–water partition coefficient (Wildman–Crippen LogP) is 2.76. The maximum Gasteiger partial charge on any atom is 0.256 e. The Labute approximate surface area is 140 Å². The summed E-state index contributed by atoms with van der Waals surface area (Å²) in [7, 11) is 3.06. The average Bonchev–Trinajstić information content (AvgIpc) is 3.02. The van der Waals surface area contributed by atoms with Crippen LogP contribution in [0.1, 0.15) is 10.4 Å². The number of benzene rings is 1. The predicted molar refractivity (Wildman–Crippen MR) is 88.2 cm³/mol. The number of halogens is 1. The Bertz CT molecular complexity index is 856. The van der Waals surface area contributed by atoms with E-state index < -0.39 is 0 Å². The molecule has 0 unspecified atom stereocenters. The van der Waals surface area contributed by atoms with E-state index in [0.29, 0.717) is 28.4 Å². The topological polar surface area (TPSA) is 77.8 Å². The van der Waals surface area contributed by atoms with Crippen LogP contribution in [0.3, 0.4) is 0 Å². The maximum absolute atomic E-state index is 12.5. The zero-order chi connectivity index (χ0) is 16.4. The van der Waals surface area contributed by atoms with Gasteiger partial charge in [0, 0.05) is 22.3 Å². The fraction of sp³-hybridized carbons (Fsp3) is 0.133.